The molecule has 0 heterocycles. The first kappa shape index (κ1) is 36.7. The molecule has 0 radical (unpaired) electrons. The molecule has 0 unspecified atom stereocenters. The first-order chi connectivity index (χ1) is 24.3. The molecule has 0 N–H and O–H groups in total. The van der Waals surface area contributed by atoms with E-state index in [2.05, 4.69) is 29.2 Å². The van der Waals surface area contributed by atoms with Crippen molar-refractivity contribution in [1.29, 1.82) is 0 Å². The zero-order valence-corrected chi connectivity index (χ0v) is 29.1. The Morgan fingerprint density at radius 2 is 1.52 bits per heavy atom. The van der Waals surface area contributed by atoms with Crippen LogP contribution in [0.15, 0.2) is 84.9 Å². The van der Waals surface area contributed by atoms with Crippen molar-refractivity contribution < 1.29 is 32.6 Å². The SMILES string of the molecule is COC(=O)CCCCN(CCc1cc(-c2ccc(F)cc2F)ccc1OCc1ccc(C2CCCCC2)cc1)Cc1ccc(C(=O)OC)cc1. The van der Waals surface area contributed by atoms with E-state index in [4.69, 9.17) is 14.2 Å². The Bertz CT molecular complexity index is 1700. The average molecular weight is 684 g/mol. The van der Waals surface area contributed by atoms with Gasteiger partial charge >= 0.3 is 11.9 Å². The average Bonchev–Trinajstić information content (AvgIpc) is 3.15. The Labute approximate surface area is 294 Å². The van der Waals surface area contributed by atoms with Gasteiger partial charge in [-0.05, 0) is 109 Å². The summed E-state index contributed by atoms with van der Waals surface area (Å²) >= 11 is 0. The molecular formula is C42H47F2NO5. The number of hydrogen-bond donors (Lipinski definition) is 0. The van der Waals surface area contributed by atoms with Gasteiger partial charge in [-0.1, -0.05) is 61.7 Å². The monoisotopic (exact) mass is 683 g/mol. The van der Waals surface area contributed by atoms with E-state index in [1.807, 2.05) is 30.3 Å². The molecule has 0 aromatic heterocycles. The van der Waals surface area contributed by atoms with Crippen LogP contribution in [-0.2, 0) is 33.8 Å². The van der Waals surface area contributed by atoms with Crippen molar-refractivity contribution in [1.82, 2.24) is 4.90 Å². The van der Waals surface area contributed by atoms with Crippen molar-refractivity contribution in [3.8, 4) is 16.9 Å². The molecule has 0 spiro atoms. The molecule has 0 saturated heterocycles. The number of carbonyl (C=O) groups excluding carboxylic acids is 2. The predicted molar refractivity (Wildman–Crippen MR) is 191 cm³/mol. The van der Waals surface area contributed by atoms with Crippen LogP contribution >= 0.6 is 0 Å². The number of methoxy groups -OCH3 is 2. The second-order valence-corrected chi connectivity index (χ2v) is 13.1. The summed E-state index contributed by atoms with van der Waals surface area (Å²) in [6.45, 7) is 2.39. The van der Waals surface area contributed by atoms with Crippen molar-refractivity contribution in [3.05, 3.63) is 124 Å². The first-order valence-electron chi connectivity index (χ1n) is 17.6. The Morgan fingerprint density at radius 1 is 0.780 bits per heavy atom. The van der Waals surface area contributed by atoms with E-state index in [1.54, 1.807) is 12.1 Å². The number of nitrogens with zero attached hydrogens (tertiary/aromatic N) is 1. The Hall–Kier alpha value is -4.56. The summed E-state index contributed by atoms with van der Waals surface area (Å²) in [6, 6.07) is 25.3. The van der Waals surface area contributed by atoms with Crippen molar-refractivity contribution in [2.45, 2.75) is 76.9 Å². The van der Waals surface area contributed by atoms with E-state index < -0.39 is 11.6 Å². The molecule has 6 nitrogen and oxygen atoms in total. The van der Waals surface area contributed by atoms with Crippen LogP contribution in [0.4, 0.5) is 8.78 Å². The van der Waals surface area contributed by atoms with Gasteiger partial charge in [0.1, 0.15) is 24.0 Å². The van der Waals surface area contributed by atoms with Gasteiger partial charge in [0.15, 0.2) is 0 Å². The second kappa shape index (κ2) is 18.4. The van der Waals surface area contributed by atoms with E-state index >= 15 is 0 Å². The lowest BCUT2D eigenvalue weighted by molar-refractivity contribution is -0.140. The number of halogens is 2. The molecule has 4 aromatic carbocycles. The standard InChI is InChI=1S/C42H47F2NO5/c1-48-41(46)10-6-7-24-45(28-30-11-17-34(18-12-30)42(47)49-2)25-23-36-26-35(38-21-20-37(43)27-39(38)44)19-22-40(36)50-29-31-13-15-33(16-14-31)32-8-4-3-5-9-32/h11-22,26-27,32H,3-10,23-25,28-29H2,1-2H3. The van der Waals surface area contributed by atoms with Crippen LogP contribution in [0.25, 0.3) is 11.1 Å². The van der Waals surface area contributed by atoms with Crippen molar-refractivity contribution >= 4 is 11.9 Å². The highest BCUT2D eigenvalue weighted by molar-refractivity contribution is 5.89. The number of rotatable bonds is 16. The summed E-state index contributed by atoms with van der Waals surface area (Å²) in [4.78, 5) is 26.0. The van der Waals surface area contributed by atoms with Crippen LogP contribution in [0.5, 0.6) is 5.75 Å². The number of unbranched alkanes of at least 4 members (excludes halogenated alkanes) is 1. The van der Waals surface area contributed by atoms with Gasteiger partial charge in [0.2, 0.25) is 0 Å². The fourth-order valence-electron chi connectivity index (χ4n) is 6.67. The van der Waals surface area contributed by atoms with Crippen LogP contribution in [0.1, 0.15) is 89.9 Å². The third-order valence-corrected chi connectivity index (χ3v) is 9.56. The molecule has 8 heteroatoms. The summed E-state index contributed by atoms with van der Waals surface area (Å²) in [5, 5.41) is 0. The lowest BCUT2D eigenvalue weighted by Crippen LogP contribution is -2.27. The van der Waals surface area contributed by atoms with Crippen molar-refractivity contribution in [2.24, 2.45) is 0 Å². The highest BCUT2D eigenvalue weighted by atomic mass is 19.1. The van der Waals surface area contributed by atoms with Crippen LogP contribution < -0.4 is 4.74 Å². The van der Waals surface area contributed by atoms with Crippen LogP contribution in [0.2, 0.25) is 0 Å². The van der Waals surface area contributed by atoms with Crippen LogP contribution in [-0.4, -0.2) is 44.1 Å². The summed E-state index contributed by atoms with van der Waals surface area (Å²) < 4.78 is 44.7. The summed E-state index contributed by atoms with van der Waals surface area (Å²) in [5.74, 6) is -0.514. The Kier molecular flexibility index (Phi) is 13.5. The van der Waals surface area contributed by atoms with Crippen LogP contribution in [0.3, 0.4) is 0 Å². The number of ether oxygens (including phenoxy) is 3. The molecule has 0 atom stereocenters. The highest BCUT2D eigenvalue weighted by Gasteiger charge is 2.17. The van der Waals surface area contributed by atoms with Gasteiger partial charge in [-0.15, -0.1) is 0 Å². The summed E-state index contributed by atoms with van der Waals surface area (Å²) in [6.07, 6.45) is 8.85. The zero-order valence-electron chi connectivity index (χ0n) is 29.1. The molecule has 1 saturated carbocycles. The fourth-order valence-corrected chi connectivity index (χ4v) is 6.67. The zero-order chi connectivity index (χ0) is 35.3. The van der Waals surface area contributed by atoms with Gasteiger partial charge in [-0.25, -0.2) is 13.6 Å². The predicted octanol–water partition coefficient (Wildman–Crippen LogP) is 9.43. The maximum atomic E-state index is 14.9. The molecule has 5 rings (SSSR count). The molecule has 264 valence electrons. The van der Waals surface area contributed by atoms with Crippen molar-refractivity contribution in [2.75, 3.05) is 27.3 Å². The molecule has 1 aliphatic rings. The lowest BCUT2D eigenvalue weighted by Gasteiger charge is -2.24. The highest BCUT2D eigenvalue weighted by Crippen LogP contribution is 2.33. The van der Waals surface area contributed by atoms with Gasteiger partial charge in [0.05, 0.1) is 19.8 Å². The quantitative estimate of drug-likeness (QED) is 0.0866. The minimum absolute atomic E-state index is 0.231. The van der Waals surface area contributed by atoms with Gasteiger partial charge in [-0.3, -0.25) is 9.69 Å². The first-order valence-corrected chi connectivity index (χ1v) is 17.6. The molecule has 4 aromatic rings. The molecule has 1 aliphatic carbocycles. The molecule has 0 aliphatic heterocycles. The summed E-state index contributed by atoms with van der Waals surface area (Å²) in [5.41, 5.74) is 5.86. The second-order valence-electron chi connectivity index (χ2n) is 13.1. The van der Waals surface area contributed by atoms with Gasteiger partial charge in [0, 0.05) is 31.1 Å². The number of esters is 2. The largest absolute Gasteiger partial charge is 0.489 e. The number of benzene rings is 4. The number of hydrogen-bond acceptors (Lipinski definition) is 6. The van der Waals surface area contributed by atoms with E-state index in [-0.39, 0.29) is 11.9 Å². The van der Waals surface area contributed by atoms with Gasteiger partial charge < -0.3 is 14.2 Å². The molecule has 0 amide bonds. The Morgan fingerprint density at radius 3 is 2.22 bits per heavy atom. The third-order valence-electron chi connectivity index (χ3n) is 9.56. The topological polar surface area (TPSA) is 65.1 Å². The normalized spacial score (nSPS) is 13.3. The van der Waals surface area contributed by atoms with Gasteiger partial charge in [-0.2, -0.15) is 0 Å². The minimum Gasteiger partial charge on any atom is -0.489 e. The number of carbonyl (C=O) groups is 2. The minimum atomic E-state index is -0.622. The maximum Gasteiger partial charge on any atom is 0.337 e. The van der Waals surface area contributed by atoms with Crippen LogP contribution in [0, 0.1) is 11.6 Å². The lowest BCUT2D eigenvalue weighted by atomic mass is 9.84. The van der Waals surface area contributed by atoms with Gasteiger partial charge in [0.25, 0.3) is 0 Å². The smallest absolute Gasteiger partial charge is 0.337 e. The van der Waals surface area contributed by atoms with E-state index in [9.17, 15) is 18.4 Å². The third kappa shape index (κ3) is 10.5. The Balaban J connectivity index is 1.34. The van der Waals surface area contributed by atoms with E-state index in [0.29, 0.717) is 67.3 Å². The van der Waals surface area contributed by atoms with E-state index in [1.165, 1.54) is 64.0 Å². The molecule has 1 fully saturated rings. The van der Waals surface area contributed by atoms with E-state index in [0.717, 1.165) is 35.7 Å². The maximum absolute atomic E-state index is 14.9. The molecular weight excluding hydrogens is 636 g/mol. The molecule has 50 heavy (non-hydrogen) atoms. The summed E-state index contributed by atoms with van der Waals surface area (Å²) in [7, 11) is 2.75. The van der Waals surface area contributed by atoms with Crippen molar-refractivity contribution in [3.63, 3.8) is 0 Å². The fraction of sp³-hybridized carbons (Fsp3) is 0.381. The molecule has 0 bridgehead atoms.